The van der Waals surface area contributed by atoms with E-state index in [1.807, 2.05) is 0 Å². The maximum Gasteiger partial charge on any atom is 0.345 e. The molecule has 0 radical (unpaired) electrons. The van der Waals surface area contributed by atoms with Crippen LogP contribution in [0.15, 0.2) is 0 Å². The molecule has 0 aromatic rings. The molecule has 4 nitrogen and oxygen atoms in total. The summed E-state index contributed by atoms with van der Waals surface area (Å²) in [5.41, 5.74) is 0. The average Bonchev–Trinajstić information content (AvgIpc) is 1.99. The number of ether oxygens (including phenoxy) is 1. The van der Waals surface area contributed by atoms with Gasteiger partial charge in [0.15, 0.2) is 6.10 Å². The summed E-state index contributed by atoms with van der Waals surface area (Å²) in [7, 11) is 0. The molecular weight excluding hydrogens is 148 g/mol. The fourth-order valence-electron chi connectivity index (χ4n) is 0.550. The number of esters is 1. The van der Waals surface area contributed by atoms with Gasteiger partial charge in [0.25, 0.3) is 0 Å². The van der Waals surface area contributed by atoms with Gasteiger partial charge >= 0.3 is 11.9 Å². The highest BCUT2D eigenvalue weighted by Crippen LogP contribution is 1.99. The van der Waals surface area contributed by atoms with Crippen molar-refractivity contribution in [1.29, 1.82) is 0 Å². The minimum absolute atomic E-state index is 0.212. The highest BCUT2D eigenvalue weighted by Gasteiger charge is 2.18. The molecule has 1 atom stereocenters. The second-order valence-corrected chi connectivity index (χ2v) is 2.08. The number of carbonyl (C=O) groups is 2. The van der Waals surface area contributed by atoms with Crippen LogP contribution in [0.25, 0.3) is 0 Å². The van der Waals surface area contributed by atoms with Crippen LogP contribution in [0.3, 0.4) is 0 Å². The molecule has 0 aromatic carbocycles. The Bertz CT molecular complexity index is 153. The summed E-state index contributed by atoms with van der Waals surface area (Å²) in [6, 6.07) is 0. The van der Waals surface area contributed by atoms with Gasteiger partial charge in [-0.05, 0) is 6.42 Å². The summed E-state index contributed by atoms with van der Waals surface area (Å²) in [5, 5.41) is 8.44. The molecule has 64 valence electrons. The topological polar surface area (TPSA) is 63.6 Å². The smallest absolute Gasteiger partial charge is 0.345 e. The molecule has 4 heteroatoms. The van der Waals surface area contributed by atoms with Gasteiger partial charge in [0.1, 0.15) is 0 Å². The van der Waals surface area contributed by atoms with E-state index in [2.05, 4.69) is 4.74 Å². The van der Waals surface area contributed by atoms with Crippen molar-refractivity contribution in [1.82, 2.24) is 0 Å². The average molecular weight is 160 g/mol. The predicted octanol–water partition coefficient (Wildman–Crippen LogP) is 0.803. The summed E-state index contributed by atoms with van der Waals surface area (Å²) in [4.78, 5) is 20.9. The molecule has 1 unspecified atom stereocenters. The Morgan fingerprint density at radius 2 is 2.00 bits per heavy atom. The molecule has 0 aromatic heterocycles. The maximum absolute atomic E-state index is 10.6. The van der Waals surface area contributed by atoms with Crippen LogP contribution in [0.5, 0.6) is 0 Å². The highest BCUT2D eigenvalue weighted by molar-refractivity contribution is 5.77. The molecular formula is C7H12O4. The summed E-state index contributed by atoms with van der Waals surface area (Å²) in [6.45, 7) is 3.28. The number of hydrogen-bond donors (Lipinski definition) is 1. The van der Waals surface area contributed by atoms with Gasteiger partial charge in [-0.3, -0.25) is 4.79 Å². The van der Waals surface area contributed by atoms with Gasteiger partial charge < -0.3 is 9.84 Å². The Morgan fingerprint density at radius 1 is 1.45 bits per heavy atom. The van der Waals surface area contributed by atoms with Crippen molar-refractivity contribution in [3.63, 3.8) is 0 Å². The Kier molecular flexibility index (Phi) is 4.26. The Balaban J connectivity index is 3.88. The van der Waals surface area contributed by atoms with Crippen molar-refractivity contribution in [3.8, 4) is 0 Å². The summed E-state index contributed by atoms with van der Waals surface area (Å²) in [6.07, 6.45) is -0.465. The standard InChI is InChI=1S/C7H12O4/c1-3-5(7(9)10)11-6(8)4-2/h5H,3-4H2,1-2H3,(H,9,10). The minimum atomic E-state index is -1.09. The van der Waals surface area contributed by atoms with Gasteiger partial charge in [-0.1, -0.05) is 13.8 Å². The van der Waals surface area contributed by atoms with Gasteiger partial charge in [-0.2, -0.15) is 0 Å². The van der Waals surface area contributed by atoms with E-state index in [4.69, 9.17) is 5.11 Å². The third kappa shape index (κ3) is 3.60. The third-order valence-corrected chi connectivity index (χ3v) is 1.21. The number of carbonyl (C=O) groups excluding carboxylic acids is 1. The van der Waals surface area contributed by atoms with Gasteiger partial charge in [0.2, 0.25) is 0 Å². The van der Waals surface area contributed by atoms with Gasteiger partial charge in [0.05, 0.1) is 0 Å². The molecule has 0 saturated carbocycles. The molecule has 0 saturated heterocycles. The zero-order chi connectivity index (χ0) is 8.85. The highest BCUT2D eigenvalue weighted by atomic mass is 16.6. The van der Waals surface area contributed by atoms with Crippen LogP contribution in [0.4, 0.5) is 0 Å². The van der Waals surface area contributed by atoms with E-state index >= 15 is 0 Å². The molecule has 0 rings (SSSR count). The first-order valence-corrected chi connectivity index (χ1v) is 3.54. The van der Waals surface area contributed by atoms with Crippen LogP contribution in [-0.2, 0) is 14.3 Å². The van der Waals surface area contributed by atoms with Crippen LogP contribution in [-0.4, -0.2) is 23.1 Å². The lowest BCUT2D eigenvalue weighted by Crippen LogP contribution is -2.25. The molecule has 0 spiro atoms. The van der Waals surface area contributed by atoms with Crippen LogP contribution in [0.2, 0.25) is 0 Å². The minimum Gasteiger partial charge on any atom is -0.479 e. The Morgan fingerprint density at radius 3 is 2.27 bits per heavy atom. The van der Waals surface area contributed by atoms with Crippen molar-refractivity contribution < 1.29 is 19.4 Å². The lowest BCUT2D eigenvalue weighted by atomic mass is 10.3. The fourth-order valence-corrected chi connectivity index (χ4v) is 0.550. The van der Waals surface area contributed by atoms with Crippen molar-refractivity contribution >= 4 is 11.9 Å². The summed E-state index contributed by atoms with van der Waals surface area (Å²) >= 11 is 0. The van der Waals surface area contributed by atoms with E-state index in [1.165, 1.54) is 0 Å². The van der Waals surface area contributed by atoms with E-state index in [-0.39, 0.29) is 6.42 Å². The van der Waals surface area contributed by atoms with Crippen LogP contribution < -0.4 is 0 Å². The van der Waals surface area contributed by atoms with Gasteiger partial charge in [-0.15, -0.1) is 0 Å². The number of carboxylic acids is 1. The predicted molar refractivity (Wildman–Crippen MR) is 38.1 cm³/mol. The van der Waals surface area contributed by atoms with E-state index in [0.29, 0.717) is 6.42 Å². The first kappa shape index (κ1) is 9.94. The lowest BCUT2D eigenvalue weighted by molar-refractivity contribution is -0.163. The summed E-state index contributed by atoms with van der Waals surface area (Å²) in [5.74, 6) is -1.56. The van der Waals surface area contributed by atoms with Crippen LogP contribution in [0.1, 0.15) is 26.7 Å². The molecule has 0 fully saturated rings. The number of carboxylic acid groups (broad SMARTS) is 1. The largest absolute Gasteiger partial charge is 0.479 e. The van der Waals surface area contributed by atoms with Crippen LogP contribution >= 0.6 is 0 Å². The van der Waals surface area contributed by atoms with Crippen LogP contribution in [0, 0.1) is 0 Å². The number of hydrogen-bond acceptors (Lipinski definition) is 3. The maximum atomic E-state index is 10.6. The number of rotatable bonds is 4. The lowest BCUT2D eigenvalue weighted by Gasteiger charge is -2.09. The molecule has 0 heterocycles. The molecule has 11 heavy (non-hydrogen) atoms. The fraction of sp³-hybridized carbons (Fsp3) is 0.714. The van der Waals surface area contributed by atoms with Crippen molar-refractivity contribution in [2.24, 2.45) is 0 Å². The second kappa shape index (κ2) is 4.71. The first-order valence-electron chi connectivity index (χ1n) is 3.54. The molecule has 1 N–H and O–H groups in total. The van der Waals surface area contributed by atoms with Crippen molar-refractivity contribution in [2.45, 2.75) is 32.8 Å². The Hall–Kier alpha value is -1.06. The SMILES string of the molecule is CCC(=O)OC(CC)C(=O)O. The third-order valence-electron chi connectivity index (χ3n) is 1.21. The second-order valence-electron chi connectivity index (χ2n) is 2.08. The Labute approximate surface area is 65.2 Å². The van der Waals surface area contributed by atoms with Gasteiger partial charge in [-0.25, -0.2) is 4.79 Å². The first-order chi connectivity index (χ1) is 5.11. The quantitative estimate of drug-likeness (QED) is 0.618. The van der Waals surface area contributed by atoms with Crippen molar-refractivity contribution in [3.05, 3.63) is 0 Å². The zero-order valence-corrected chi connectivity index (χ0v) is 6.66. The van der Waals surface area contributed by atoms with E-state index in [1.54, 1.807) is 13.8 Å². The molecule has 0 aliphatic heterocycles. The normalized spacial score (nSPS) is 12.2. The van der Waals surface area contributed by atoms with E-state index < -0.39 is 18.0 Å². The number of aliphatic carboxylic acids is 1. The zero-order valence-electron chi connectivity index (χ0n) is 6.66. The monoisotopic (exact) mass is 160 g/mol. The molecule has 0 amide bonds. The van der Waals surface area contributed by atoms with Crippen molar-refractivity contribution in [2.75, 3.05) is 0 Å². The molecule has 0 aliphatic rings. The molecule has 0 bridgehead atoms. The molecule has 0 aliphatic carbocycles. The van der Waals surface area contributed by atoms with E-state index in [0.717, 1.165) is 0 Å². The van der Waals surface area contributed by atoms with Gasteiger partial charge in [0, 0.05) is 6.42 Å². The summed E-state index contributed by atoms with van der Waals surface area (Å²) < 4.78 is 4.57. The van der Waals surface area contributed by atoms with E-state index in [9.17, 15) is 9.59 Å².